The number of benzene rings is 1. The molecule has 3 aliphatic rings. The lowest BCUT2D eigenvalue weighted by molar-refractivity contribution is -0.145. The Kier molecular flexibility index (Phi) is 8.06. The summed E-state index contributed by atoms with van der Waals surface area (Å²) in [5.74, 6) is -1.97. The molecule has 0 unspecified atom stereocenters. The standard InChI is InChI=1S/C26H28ClFN6O5S/c1-32(15-4-5-15)26(38)34-9-8-33(19(13-34)24(35)36)12-18-20(25(37)39-2)21(16-6-3-14(28)11-17(16)27)31-22(30-18)23-29-7-10-40-23/h3,6-7,10-11,15,19,21H,4-5,8-9,12-13H2,1-2H3,(H,30,31)(H,35,36)/t19-,21-/m0/s1. The first-order valence-corrected chi connectivity index (χ1v) is 13.9. The van der Waals surface area contributed by atoms with Crippen molar-refractivity contribution in [3.05, 3.63) is 62.5 Å². The van der Waals surface area contributed by atoms with Crippen molar-refractivity contribution in [2.75, 3.05) is 40.3 Å². The van der Waals surface area contributed by atoms with Gasteiger partial charge in [-0.3, -0.25) is 14.7 Å². The van der Waals surface area contributed by atoms with E-state index < -0.39 is 29.8 Å². The third-order valence-corrected chi connectivity index (χ3v) is 8.33. The summed E-state index contributed by atoms with van der Waals surface area (Å²) < 4.78 is 19.0. The number of esters is 1. The van der Waals surface area contributed by atoms with Crippen LogP contribution in [-0.2, 0) is 14.3 Å². The van der Waals surface area contributed by atoms with Gasteiger partial charge in [-0.1, -0.05) is 17.7 Å². The predicted octanol–water partition coefficient (Wildman–Crippen LogP) is 2.74. The van der Waals surface area contributed by atoms with Gasteiger partial charge in [-0.2, -0.15) is 0 Å². The minimum Gasteiger partial charge on any atom is -0.480 e. The van der Waals surface area contributed by atoms with Crippen molar-refractivity contribution < 1.29 is 28.6 Å². The van der Waals surface area contributed by atoms with Crippen LogP contribution < -0.4 is 5.32 Å². The molecule has 2 amide bonds. The van der Waals surface area contributed by atoms with Gasteiger partial charge in [-0.05, 0) is 25.0 Å². The van der Waals surface area contributed by atoms with Crippen LogP contribution in [0.25, 0.3) is 0 Å². The van der Waals surface area contributed by atoms with Gasteiger partial charge in [0.25, 0.3) is 0 Å². The van der Waals surface area contributed by atoms with Crippen molar-refractivity contribution in [3.8, 4) is 0 Å². The summed E-state index contributed by atoms with van der Waals surface area (Å²) in [7, 11) is 2.97. The highest BCUT2D eigenvalue weighted by Gasteiger charge is 2.40. The Morgan fingerprint density at radius 3 is 2.70 bits per heavy atom. The van der Waals surface area contributed by atoms with E-state index in [-0.39, 0.29) is 42.3 Å². The average Bonchev–Trinajstić information content (AvgIpc) is 3.64. The van der Waals surface area contributed by atoms with E-state index in [1.54, 1.807) is 33.3 Å². The first-order valence-electron chi connectivity index (χ1n) is 12.7. The number of carbonyl (C=O) groups is 3. The maximum absolute atomic E-state index is 13.9. The molecule has 5 rings (SSSR count). The first-order chi connectivity index (χ1) is 19.2. The summed E-state index contributed by atoms with van der Waals surface area (Å²) in [4.78, 5) is 52.4. The number of methoxy groups -OCH3 is 1. The Bertz CT molecular complexity index is 1380. The topological polar surface area (TPSA) is 128 Å². The van der Waals surface area contributed by atoms with Crippen molar-refractivity contribution in [2.24, 2.45) is 4.99 Å². The fraction of sp³-hybridized carbons (Fsp3) is 0.423. The van der Waals surface area contributed by atoms with E-state index in [0.717, 1.165) is 18.9 Å². The Labute approximate surface area is 238 Å². The minimum atomic E-state index is -1.09. The molecular formula is C26H28ClFN6O5S. The molecule has 1 saturated heterocycles. The summed E-state index contributed by atoms with van der Waals surface area (Å²) in [6.07, 6.45) is 3.50. The van der Waals surface area contributed by atoms with Crippen LogP contribution in [0.15, 0.2) is 46.0 Å². The molecule has 2 atom stereocenters. The number of carbonyl (C=O) groups excluding carboxylic acids is 2. The van der Waals surface area contributed by atoms with Crippen LogP contribution in [0.3, 0.4) is 0 Å². The molecule has 1 aromatic heterocycles. The maximum atomic E-state index is 13.9. The normalized spacial score (nSPS) is 21.5. The molecule has 1 aliphatic carbocycles. The molecule has 0 bridgehead atoms. The molecular weight excluding hydrogens is 563 g/mol. The fourth-order valence-corrected chi connectivity index (χ4v) is 5.79. The van der Waals surface area contributed by atoms with Crippen LogP contribution in [0, 0.1) is 5.82 Å². The number of amides is 2. The van der Waals surface area contributed by atoms with Gasteiger partial charge in [0.05, 0.1) is 12.7 Å². The average molecular weight is 591 g/mol. The van der Waals surface area contributed by atoms with E-state index in [0.29, 0.717) is 28.6 Å². The number of hydrogen-bond donors (Lipinski definition) is 2. The van der Waals surface area contributed by atoms with Crippen LogP contribution in [0.1, 0.15) is 29.5 Å². The number of rotatable bonds is 7. The number of aromatic nitrogens is 1. The van der Waals surface area contributed by atoms with Gasteiger partial charge in [0.15, 0.2) is 10.8 Å². The van der Waals surface area contributed by atoms with Crippen LogP contribution in [0.2, 0.25) is 5.02 Å². The number of nitrogens with zero attached hydrogens (tertiary/aromatic N) is 5. The van der Waals surface area contributed by atoms with Crippen LogP contribution in [0.4, 0.5) is 9.18 Å². The molecule has 11 nitrogen and oxygen atoms in total. The summed E-state index contributed by atoms with van der Waals surface area (Å²) in [6, 6.07) is 1.85. The lowest BCUT2D eigenvalue weighted by Gasteiger charge is -2.41. The Balaban J connectivity index is 1.50. The Hall–Kier alpha value is -3.55. The quantitative estimate of drug-likeness (QED) is 0.471. The number of amidine groups is 1. The number of aliphatic carboxylic acids is 1. The predicted molar refractivity (Wildman–Crippen MR) is 146 cm³/mol. The fourth-order valence-electron chi connectivity index (χ4n) is 4.93. The lowest BCUT2D eigenvalue weighted by Crippen LogP contribution is -2.60. The zero-order valence-electron chi connectivity index (χ0n) is 21.8. The van der Waals surface area contributed by atoms with Crippen LogP contribution in [0.5, 0.6) is 0 Å². The van der Waals surface area contributed by atoms with Gasteiger partial charge in [0, 0.05) is 67.1 Å². The molecule has 1 aromatic carbocycles. The highest BCUT2D eigenvalue weighted by molar-refractivity contribution is 7.11. The molecule has 0 radical (unpaired) electrons. The van der Waals surface area contributed by atoms with Crippen molar-refractivity contribution in [1.29, 1.82) is 0 Å². The lowest BCUT2D eigenvalue weighted by atomic mass is 9.95. The van der Waals surface area contributed by atoms with E-state index in [4.69, 9.17) is 21.3 Å². The Morgan fingerprint density at radius 2 is 2.08 bits per heavy atom. The van der Waals surface area contributed by atoms with Crippen LogP contribution in [-0.4, -0.2) is 101 Å². The van der Waals surface area contributed by atoms with E-state index in [9.17, 15) is 23.9 Å². The molecule has 14 heteroatoms. The number of thiazole rings is 1. The minimum absolute atomic E-state index is 0.00723. The number of piperazine rings is 1. The van der Waals surface area contributed by atoms with Gasteiger partial charge >= 0.3 is 18.0 Å². The van der Waals surface area contributed by atoms with E-state index >= 15 is 0 Å². The molecule has 40 heavy (non-hydrogen) atoms. The second-order valence-corrected chi connectivity index (χ2v) is 11.1. The number of nitrogens with one attached hydrogen (secondary N) is 1. The summed E-state index contributed by atoms with van der Waals surface area (Å²) in [5.41, 5.74) is 0.857. The number of hydrogen-bond acceptors (Lipinski definition) is 9. The number of urea groups is 1. The maximum Gasteiger partial charge on any atom is 0.338 e. The van der Waals surface area contributed by atoms with Crippen molar-refractivity contribution in [2.45, 2.75) is 31.0 Å². The van der Waals surface area contributed by atoms with Crippen LogP contribution >= 0.6 is 22.9 Å². The molecule has 2 aliphatic heterocycles. The highest BCUT2D eigenvalue weighted by Crippen LogP contribution is 2.37. The van der Waals surface area contributed by atoms with E-state index in [2.05, 4.69) is 10.3 Å². The smallest absolute Gasteiger partial charge is 0.338 e. The molecule has 2 aromatic rings. The number of aliphatic imine (C=N–C) groups is 1. The molecule has 3 heterocycles. The van der Waals surface area contributed by atoms with E-state index in [1.165, 1.54) is 30.6 Å². The summed E-state index contributed by atoms with van der Waals surface area (Å²) in [5, 5.41) is 15.7. The molecule has 1 saturated carbocycles. The van der Waals surface area contributed by atoms with E-state index in [1.807, 2.05) is 0 Å². The largest absolute Gasteiger partial charge is 0.480 e. The number of carboxylic acids is 1. The molecule has 0 spiro atoms. The number of ether oxygens (including phenoxy) is 1. The van der Waals surface area contributed by atoms with Gasteiger partial charge in [0.2, 0.25) is 0 Å². The third-order valence-electron chi connectivity index (χ3n) is 7.23. The van der Waals surface area contributed by atoms with Gasteiger partial charge in [0.1, 0.15) is 17.9 Å². The number of carboxylic acid groups (broad SMARTS) is 1. The summed E-state index contributed by atoms with van der Waals surface area (Å²) >= 11 is 7.73. The zero-order valence-corrected chi connectivity index (χ0v) is 23.4. The third kappa shape index (κ3) is 5.67. The Morgan fingerprint density at radius 1 is 1.30 bits per heavy atom. The second-order valence-electron chi connectivity index (χ2n) is 9.79. The second kappa shape index (κ2) is 11.5. The highest BCUT2D eigenvalue weighted by atomic mass is 35.5. The van der Waals surface area contributed by atoms with Gasteiger partial charge in [-0.25, -0.2) is 19.0 Å². The summed E-state index contributed by atoms with van der Waals surface area (Å²) in [6.45, 7) is 0.585. The molecule has 2 fully saturated rings. The SMILES string of the molecule is COC(=O)C1=C(CN2CCN(C(=O)N(C)C3CC3)C[C@H]2C(=O)O)NC(c2nccs2)=N[C@H]1c1ccc(F)cc1Cl. The van der Waals surface area contributed by atoms with Gasteiger partial charge < -0.3 is 25.0 Å². The van der Waals surface area contributed by atoms with Gasteiger partial charge in [-0.15, -0.1) is 11.3 Å². The molecule has 212 valence electrons. The first kappa shape index (κ1) is 28.0. The van der Waals surface area contributed by atoms with Crippen molar-refractivity contribution >= 4 is 46.7 Å². The monoisotopic (exact) mass is 590 g/mol. The van der Waals surface area contributed by atoms with Crippen molar-refractivity contribution in [3.63, 3.8) is 0 Å². The molecule has 2 N–H and O–H groups in total. The number of halogens is 2. The van der Waals surface area contributed by atoms with Crippen molar-refractivity contribution in [1.82, 2.24) is 25.0 Å². The zero-order chi connectivity index (χ0) is 28.6.